The van der Waals surface area contributed by atoms with Crippen LogP contribution in [0.5, 0.6) is 5.75 Å². The van der Waals surface area contributed by atoms with Gasteiger partial charge in [0.15, 0.2) is 0 Å². The Labute approximate surface area is 149 Å². The monoisotopic (exact) mass is 352 g/mol. The highest BCUT2D eigenvalue weighted by molar-refractivity contribution is 5.60. The SMILES string of the molecule is Cn1c(NCc2c(F)ccc3c2CCO3)ncc(-c2cccnc2)c1=O. The lowest BCUT2D eigenvalue weighted by Gasteiger charge is -2.13. The Morgan fingerprint density at radius 3 is 3.00 bits per heavy atom. The summed E-state index contributed by atoms with van der Waals surface area (Å²) < 4.78 is 21.1. The summed E-state index contributed by atoms with van der Waals surface area (Å²) in [5, 5.41) is 3.06. The second-order valence-corrected chi connectivity index (χ2v) is 6.06. The van der Waals surface area contributed by atoms with Crippen LogP contribution in [0.2, 0.25) is 0 Å². The van der Waals surface area contributed by atoms with E-state index in [2.05, 4.69) is 15.3 Å². The second kappa shape index (κ2) is 6.59. The van der Waals surface area contributed by atoms with E-state index in [0.717, 1.165) is 11.3 Å². The summed E-state index contributed by atoms with van der Waals surface area (Å²) in [5.41, 5.74) is 2.39. The molecule has 0 fully saturated rings. The van der Waals surface area contributed by atoms with Crippen molar-refractivity contribution in [1.82, 2.24) is 14.5 Å². The van der Waals surface area contributed by atoms with Crippen LogP contribution in [-0.4, -0.2) is 21.1 Å². The van der Waals surface area contributed by atoms with Gasteiger partial charge in [-0.2, -0.15) is 0 Å². The smallest absolute Gasteiger partial charge is 0.262 e. The molecule has 0 saturated carbocycles. The van der Waals surface area contributed by atoms with Crippen LogP contribution < -0.4 is 15.6 Å². The molecule has 4 rings (SSSR count). The number of nitrogens with one attached hydrogen (secondary N) is 1. The number of benzene rings is 1. The van der Waals surface area contributed by atoms with E-state index < -0.39 is 0 Å². The van der Waals surface area contributed by atoms with Crippen LogP contribution in [0.3, 0.4) is 0 Å². The minimum Gasteiger partial charge on any atom is -0.493 e. The van der Waals surface area contributed by atoms with Gasteiger partial charge in [0.1, 0.15) is 11.6 Å². The third-order valence-corrected chi connectivity index (χ3v) is 4.51. The van der Waals surface area contributed by atoms with Gasteiger partial charge in [-0.25, -0.2) is 9.37 Å². The minimum atomic E-state index is -0.293. The number of halogens is 1. The normalized spacial score (nSPS) is 12.5. The Morgan fingerprint density at radius 2 is 2.19 bits per heavy atom. The summed E-state index contributed by atoms with van der Waals surface area (Å²) in [6.07, 6.45) is 5.45. The Morgan fingerprint density at radius 1 is 1.31 bits per heavy atom. The van der Waals surface area contributed by atoms with E-state index >= 15 is 0 Å². The topological polar surface area (TPSA) is 69.0 Å². The average molecular weight is 352 g/mol. The molecule has 6 nitrogen and oxygen atoms in total. The molecular formula is C19H17FN4O2. The van der Waals surface area contributed by atoms with Gasteiger partial charge in [-0.15, -0.1) is 0 Å². The summed E-state index contributed by atoms with van der Waals surface area (Å²) in [7, 11) is 1.63. The third-order valence-electron chi connectivity index (χ3n) is 4.51. The number of hydrogen-bond acceptors (Lipinski definition) is 5. The highest BCUT2D eigenvalue weighted by Crippen LogP contribution is 2.30. The maximum absolute atomic E-state index is 14.2. The molecule has 1 N–H and O–H groups in total. The molecule has 0 bridgehead atoms. The van der Waals surface area contributed by atoms with Gasteiger partial charge in [0, 0.05) is 55.3 Å². The van der Waals surface area contributed by atoms with Gasteiger partial charge in [-0.3, -0.25) is 14.3 Å². The Hall–Kier alpha value is -3.22. The second-order valence-electron chi connectivity index (χ2n) is 6.06. The fraction of sp³-hybridized carbons (Fsp3) is 0.211. The van der Waals surface area contributed by atoms with Crippen LogP contribution in [0.1, 0.15) is 11.1 Å². The first-order chi connectivity index (χ1) is 12.6. The van der Waals surface area contributed by atoms with Gasteiger partial charge < -0.3 is 10.1 Å². The van der Waals surface area contributed by atoms with Gasteiger partial charge in [0.25, 0.3) is 5.56 Å². The van der Waals surface area contributed by atoms with Gasteiger partial charge in [-0.05, 0) is 18.2 Å². The van der Waals surface area contributed by atoms with Crippen molar-refractivity contribution in [2.75, 3.05) is 11.9 Å². The van der Waals surface area contributed by atoms with E-state index in [1.54, 1.807) is 37.6 Å². The maximum atomic E-state index is 14.2. The molecule has 0 unspecified atom stereocenters. The fourth-order valence-electron chi connectivity index (χ4n) is 3.10. The summed E-state index contributed by atoms with van der Waals surface area (Å²) in [6, 6.07) is 6.62. The van der Waals surface area contributed by atoms with Crippen molar-refractivity contribution in [3.8, 4) is 16.9 Å². The standard InChI is InChI=1S/C19H17FN4O2/c1-24-18(25)14(12-3-2-7-21-9-12)10-22-19(24)23-11-15-13-6-8-26-17(13)5-4-16(15)20/h2-5,7,9-10H,6,8,11H2,1H3,(H,22,23). The highest BCUT2D eigenvalue weighted by Gasteiger charge is 2.19. The number of pyridine rings is 1. The van der Waals surface area contributed by atoms with Crippen LogP contribution in [0, 0.1) is 5.82 Å². The third kappa shape index (κ3) is 2.81. The van der Waals surface area contributed by atoms with E-state index in [9.17, 15) is 9.18 Å². The number of aromatic nitrogens is 3. The molecule has 132 valence electrons. The van der Waals surface area contributed by atoms with Gasteiger partial charge in [0.2, 0.25) is 5.95 Å². The number of rotatable bonds is 4. The minimum absolute atomic E-state index is 0.197. The molecule has 0 atom stereocenters. The first-order valence-corrected chi connectivity index (χ1v) is 8.28. The first kappa shape index (κ1) is 16.3. The van der Waals surface area contributed by atoms with Crippen LogP contribution in [0.4, 0.5) is 10.3 Å². The molecule has 0 aliphatic carbocycles. The van der Waals surface area contributed by atoms with E-state index in [-0.39, 0.29) is 17.9 Å². The van der Waals surface area contributed by atoms with Crippen molar-refractivity contribution in [2.24, 2.45) is 7.05 Å². The quantitative estimate of drug-likeness (QED) is 0.781. The van der Waals surface area contributed by atoms with Crippen molar-refractivity contribution in [2.45, 2.75) is 13.0 Å². The molecule has 3 heterocycles. The van der Waals surface area contributed by atoms with E-state index in [4.69, 9.17) is 4.74 Å². The lowest BCUT2D eigenvalue weighted by Crippen LogP contribution is -2.23. The van der Waals surface area contributed by atoms with Crippen molar-refractivity contribution in [3.63, 3.8) is 0 Å². The van der Waals surface area contributed by atoms with E-state index in [0.29, 0.717) is 35.7 Å². The zero-order chi connectivity index (χ0) is 18.1. The summed E-state index contributed by atoms with van der Waals surface area (Å²) in [5.74, 6) is 0.800. The zero-order valence-electron chi connectivity index (χ0n) is 14.2. The summed E-state index contributed by atoms with van der Waals surface area (Å²) in [4.78, 5) is 21.0. The van der Waals surface area contributed by atoms with Crippen molar-refractivity contribution < 1.29 is 9.13 Å². The van der Waals surface area contributed by atoms with Crippen molar-refractivity contribution in [1.29, 1.82) is 0 Å². The predicted molar refractivity (Wildman–Crippen MR) is 95.6 cm³/mol. The van der Waals surface area contributed by atoms with E-state index in [1.807, 2.05) is 0 Å². The molecular weight excluding hydrogens is 335 g/mol. The molecule has 1 aromatic carbocycles. The summed E-state index contributed by atoms with van der Waals surface area (Å²) >= 11 is 0. The molecule has 1 aliphatic rings. The molecule has 1 aliphatic heterocycles. The maximum Gasteiger partial charge on any atom is 0.262 e. The van der Waals surface area contributed by atoms with Gasteiger partial charge in [-0.1, -0.05) is 6.07 Å². The number of anilines is 1. The molecule has 0 saturated heterocycles. The van der Waals surface area contributed by atoms with Crippen LogP contribution in [0.25, 0.3) is 11.1 Å². The van der Waals surface area contributed by atoms with Gasteiger partial charge >= 0.3 is 0 Å². The molecule has 0 spiro atoms. The highest BCUT2D eigenvalue weighted by atomic mass is 19.1. The molecule has 0 radical (unpaired) electrons. The Bertz CT molecular complexity index is 1020. The van der Waals surface area contributed by atoms with Crippen LogP contribution in [-0.2, 0) is 20.0 Å². The Balaban J connectivity index is 1.62. The average Bonchev–Trinajstić information content (AvgIpc) is 3.14. The van der Waals surface area contributed by atoms with Crippen molar-refractivity contribution >= 4 is 5.95 Å². The van der Waals surface area contributed by atoms with Crippen molar-refractivity contribution in [3.05, 3.63) is 70.2 Å². The molecule has 2 aromatic heterocycles. The Kier molecular flexibility index (Phi) is 4.12. The molecule has 7 heteroatoms. The van der Waals surface area contributed by atoms with Gasteiger partial charge in [0.05, 0.1) is 12.2 Å². The molecule has 3 aromatic rings. The van der Waals surface area contributed by atoms with Crippen LogP contribution >= 0.6 is 0 Å². The number of nitrogens with zero attached hydrogens (tertiary/aromatic N) is 3. The van der Waals surface area contributed by atoms with E-state index in [1.165, 1.54) is 16.8 Å². The summed E-state index contributed by atoms with van der Waals surface area (Å²) in [6.45, 7) is 0.785. The lowest BCUT2D eigenvalue weighted by molar-refractivity contribution is 0.356. The number of fused-ring (bicyclic) bond motifs is 1. The molecule has 26 heavy (non-hydrogen) atoms. The predicted octanol–water partition coefficient (Wildman–Crippen LogP) is 2.53. The zero-order valence-corrected chi connectivity index (χ0v) is 14.2. The largest absolute Gasteiger partial charge is 0.493 e. The first-order valence-electron chi connectivity index (χ1n) is 8.28. The lowest BCUT2D eigenvalue weighted by atomic mass is 10.0. The number of ether oxygens (including phenoxy) is 1. The van der Waals surface area contributed by atoms with Crippen LogP contribution in [0.15, 0.2) is 47.7 Å². The molecule has 0 amide bonds. The number of hydrogen-bond donors (Lipinski definition) is 1. The fourth-order valence-corrected chi connectivity index (χ4v) is 3.10.